The summed E-state index contributed by atoms with van der Waals surface area (Å²) in [5.74, 6) is 0.862. The van der Waals surface area contributed by atoms with E-state index in [9.17, 15) is 4.79 Å². The SMILES string of the molecule is C[C@@H]1CN(C(=O)c2cc(-c3ccco3)on2)[C@@H](C)CO1. The number of carbonyl (C=O) groups excluding carboxylic acids is 1. The molecule has 2 aromatic rings. The Bertz CT molecular complexity index is 590. The predicted octanol–water partition coefficient (Wildman–Crippen LogP) is 2.18. The molecule has 1 aliphatic rings. The first kappa shape index (κ1) is 12.9. The highest BCUT2D eigenvalue weighted by Crippen LogP contribution is 2.22. The van der Waals surface area contributed by atoms with E-state index in [0.29, 0.717) is 24.7 Å². The number of morpholine rings is 1. The molecule has 0 radical (unpaired) electrons. The van der Waals surface area contributed by atoms with Crippen LogP contribution in [0.3, 0.4) is 0 Å². The van der Waals surface area contributed by atoms with Crippen LogP contribution in [-0.4, -0.2) is 41.3 Å². The smallest absolute Gasteiger partial charge is 0.276 e. The van der Waals surface area contributed by atoms with Gasteiger partial charge in [0.15, 0.2) is 11.5 Å². The molecular weight excluding hydrogens is 260 g/mol. The van der Waals surface area contributed by atoms with Crippen LogP contribution in [-0.2, 0) is 4.74 Å². The van der Waals surface area contributed by atoms with Crippen LogP contribution in [0.2, 0.25) is 0 Å². The highest BCUT2D eigenvalue weighted by atomic mass is 16.5. The summed E-state index contributed by atoms with van der Waals surface area (Å²) in [4.78, 5) is 14.2. The van der Waals surface area contributed by atoms with Crippen molar-refractivity contribution in [3.8, 4) is 11.5 Å². The lowest BCUT2D eigenvalue weighted by Crippen LogP contribution is -2.50. The standard InChI is InChI=1S/C14H16N2O4/c1-9-8-19-10(2)7-16(9)14(17)11-6-13(20-15-11)12-4-3-5-18-12/h3-6,9-10H,7-8H2,1-2H3/t9-,10+/m0/s1. The lowest BCUT2D eigenvalue weighted by atomic mass is 10.2. The second kappa shape index (κ2) is 5.13. The average Bonchev–Trinajstić information content (AvgIpc) is 3.10. The lowest BCUT2D eigenvalue weighted by molar-refractivity contribution is -0.0390. The van der Waals surface area contributed by atoms with Gasteiger partial charge in [0.2, 0.25) is 5.76 Å². The molecule has 1 saturated heterocycles. The Labute approximate surface area is 116 Å². The third kappa shape index (κ3) is 2.34. The van der Waals surface area contributed by atoms with Gasteiger partial charge in [-0.05, 0) is 26.0 Å². The van der Waals surface area contributed by atoms with Crippen molar-refractivity contribution in [3.05, 3.63) is 30.2 Å². The largest absolute Gasteiger partial charge is 0.461 e. The fourth-order valence-corrected chi connectivity index (χ4v) is 2.24. The van der Waals surface area contributed by atoms with Crippen LogP contribution in [0.5, 0.6) is 0 Å². The zero-order valence-electron chi connectivity index (χ0n) is 11.4. The molecule has 0 bridgehead atoms. The number of hydrogen-bond donors (Lipinski definition) is 0. The fourth-order valence-electron chi connectivity index (χ4n) is 2.24. The second-order valence-corrected chi connectivity index (χ2v) is 5.00. The summed E-state index contributed by atoms with van der Waals surface area (Å²) in [7, 11) is 0. The topological polar surface area (TPSA) is 68.7 Å². The third-order valence-corrected chi connectivity index (χ3v) is 3.36. The molecule has 0 N–H and O–H groups in total. The predicted molar refractivity (Wildman–Crippen MR) is 70.1 cm³/mol. The number of carbonyl (C=O) groups is 1. The minimum atomic E-state index is -0.144. The van der Waals surface area contributed by atoms with Crippen molar-refractivity contribution >= 4 is 5.91 Å². The maximum atomic E-state index is 12.5. The molecule has 1 fully saturated rings. The van der Waals surface area contributed by atoms with Gasteiger partial charge in [0, 0.05) is 12.6 Å². The first-order valence-corrected chi connectivity index (χ1v) is 6.58. The monoisotopic (exact) mass is 276 g/mol. The van der Waals surface area contributed by atoms with Gasteiger partial charge < -0.3 is 18.6 Å². The number of amides is 1. The molecule has 0 saturated carbocycles. The van der Waals surface area contributed by atoms with Crippen LogP contribution < -0.4 is 0 Å². The molecule has 0 aliphatic carbocycles. The van der Waals surface area contributed by atoms with E-state index in [4.69, 9.17) is 13.7 Å². The number of ether oxygens (including phenoxy) is 1. The molecule has 3 heterocycles. The Morgan fingerprint density at radius 3 is 3.00 bits per heavy atom. The Morgan fingerprint density at radius 2 is 2.25 bits per heavy atom. The highest BCUT2D eigenvalue weighted by Gasteiger charge is 2.30. The quantitative estimate of drug-likeness (QED) is 0.841. The summed E-state index contributed by atoms with van der Waals surface area (Å²) in [5, 5.41) is 3.84. The summed E-state index contributed by atoms with van der Waals surface area (Å²) in [6, 6.07) is 5.15. The van der Waals surface area contributed by atoms with Gasteiger partial charge in [0.25, 0.3) is 5.91 Å². The van der Waals surface area contributed by atoms with Crippen LogP contribution >= 0.6 is 0 Å². The van der Waals surface area contributed by atoms with Gasteiger partial charge in [-0.15, -0.1) is 0 Å². The maximum Gasteiger partial charge on any atom is 0.276 e. The molecule has 6 nitrogen and oxygen atoms in total. The van der Waals surface area contributed by atoms with Crippen molar-refractivity contribution in [1.82, 2.24) is 10.1 Å². The molecule has 106 valence electrons. The zero-order valence-corrected chi connectivity index (χ0v) is 11.4. The summed E-state index contributed by atoms with van der Waals surface area (Å²) < 4.78 is 15.9. The summed E-state index contributed by atoms with van der Waals surface area (Å²) in [5.41, 5.74) is 0.289. The van der Waals surface area contributed by atoms with Gasteiger partial charge in [-0.2, -0.15) is 0 Å². The van der Waals surface area contributed by atoms with E-state index in [-0.39, 0.29) is 23.7 Å². The fraction of sp³-hybridized carbons (Fsp3) is 0.429. The van der Waals surface area contributed by atoms with Crippen molar-refractivity contribution in [2.24, 2.45) is 0 Å². The molecule has 6 heteroatoms. The second-order valence-electron chi connectivity index (χ2n) is 5.00. The first-order valence-electron chi connectivity index (χ1n) is 6.58. The van der Waals surface area contributed by atoms with Gasteiger partial charge in [-0.3, -0.25) is 4.79 Å². The average molecular weight is 276 g/mol. The lowest BCUT2D eigenvalue weighted by Gasteiger charge is -2.36. The molecule has 2 aromatic heterocycles. The number of rotatable bonds is 2. The van der Waals surface area contributed by atoms with E-state index < -0.39 is 0 Å². The molecule has 0 spiro atoms. The minimum absolute atomic E-state index is 0.0301. The van der Waals surface area contributed by atoms with Crippen LogP contribution in [0.15, 0.2) is 33.4 Å². The van der Waals surface area contributed by atoms with Crippen molar-refractivity contribution < 1.29 is 18.5 Å². The summed E-state index contributed by atoms with van der Waals surface area (Å²) >= 11 is 0. The highest BCUT2D eigenvalue weighted by molar-refractivity contribution is 5.93. The van der Waals surface area contributed by atoms with Crippen LogP contribution in [0.1, 0.15) is 24.3 Å². The van der Waals surface area contributed by atoms with Gasteiger partial charge in [0.1, 0.15) is 0 Å². The Balaban J connectivity index is 1.80. The first-order chi connectivity index (χ1) is 9.65. The van der Waals surface area contributed by atoms with E-state index >= 15 is 0 Å². The van der Waals surface area contributed by atoms with Gasteiger partial charge in [-0.1, -0.05) is 5.16 Å². The summed E-state index contributed by atoms with van der Waals surface area (Å²) in [6.07, 6.45) is 1.58. The maximum absolute atomic E-state index is 12.5. The number of hydrogen-bond acceptors (Lipinski definition) is 5. The van der Waals surface area contributed by atoms with Crippen molar-refractivity contribution in [2.75, 3.05) is 13.2 Å². The zero-order chi connectivity index (χ0) is 14.1. The van der Waals surface area contributed by atoms with E-state index in [2.05, 4.69) is 5.16 Å². The van der Waals surface area contributed by atoms with E-state index in [1.807, 2.05) is 13.8 Å². The summed E-state index contributed by atoms with van der Waals surface area (Å²) in [6.45, 7) is 5.00. The van der Waals surface area contributed by atoms with Gasteiger partial charge in [-0.25, -0.2) is 0 Å². The number of furan rings is 1. The molecule has 20 heavy (non-hydrogen) atoms. The molecule has 1 aliphatic heterocycles. The van der Waals surface area contributed by atoms with E-state index in [0.717, 1.165) is 0 Å². The van der Waals surface area contributed by atoms with Crippen LogP contribution in [0.25, 0.3) is 11.5 Å². The third-order valence-electron chi connectivity index (χ3n) is 3.36. The van der Waals surface area contributed by atoms with Gasteiger partial charge in [0.05, 0.1) is 25.0 Å². The van der Waals surface area contributed by atoms with E-state index in [1.165, 1.54) is 0 Å². The van der Waals surface area contributed by atoms with Crippen LogP contribution in [0, 0.1) is 0 Å². The van der Waals surface area contributed by atoms with E-state index in [1.54, 1.807) is 29.4 Å². The molecule has 3 rings (SSSR count). The Hall–Kier alpha value is -2.08. The van der Waals surface area contributed by atoms with Crippen LogP contribution in [0.4, 0.5) is 0 Å². The Kier molecular flexibility index (Phi) is 3.31. The molecule has 1 amide bonds. The molecule has 0 unspecified atom stereocenters. The van der Waals surface area contributed by atoms with Gasteiger partial charge >= 0.3 is 0 Å². The Morgan fingerprint density at radius 1 is 1.40 bits per heavy atom. The molecule has 0 aromatic carbocycles. The van der Waals surface area contributed by atoms with Crippen molar-refractivity contribution in [1.29, 1.82) is 0 Å². The normalized spacial score (nSPS) is 23.0. The minimum Gasteiger partial charge on any atom is -0.461 e. The van der Waals surface area contributed by atoms with Crippen molar-refractivity contribution in [2.45, 2.75) is 26.0 Å². The molecule has 2 atom stereocenters. The number of nitrogens with zero attached hydrogens (tertiary/aromatic N) is 2. The number of aromatic nitrogens is 1. The molecular formula is C14H16N2O4. The van der Waals surface area contributed by atoms with Crippen molar-refractivity contribution in [3.63, 3.8) is 0 Å².